The van der Waals surface area contributed by atoms with Gasteiger partial charge in [-0.2, -0.15) is 0 Å². The minimum Gasteiger partial charge on any atom is -0.452 e. The predicted molar refractivity (Wildman–Crippen MR) is 105 cm³/mol. The van der Waals surface area contributed by atoms with Crippen molar-refractivity contribution in [2.75, 3.05) is 43.9 Å². The first-order valence-electron chi connectivity index (χ1n) is 9.03. The fourth-order valence-corrected chi connectivity index (χ4v) is 3.61. The molecule has 0 spiro atoms. The Labute approximate surface area is 169 Å². The van der Waals surface area contributed by atoms with Crippen molar-refractivity contribution in [3.63, 3.8) is 0 Å². The van der Waals surface area contributed by atoms with E-state index in [9.17, 15) is 18.0 Å². The van der Waals surface area contributed by atoms with Crippen molar-refractivity contribution >= 4 is 27.7 Å². The minimum atomic E-state index is -3.45. The van der Waals surface area contributed by atoms with E-state index < -0.39 is 22.4 Å². The molecule has 1 aromatic carbocycles. The van der Waals surface area contributed by atoms with Gasteiger partial charge in [-0.25, -0.2) is 23.2 Å². The summed E-state index contributed by atoms with van der Waals surface area (Å²) in [6, 6.07) is 5.99. The third-order valence-electron chi connectivity index (χ3n) is 4.65. The first-order valence-corrected chi connectivity index (χ1v) is 10.9. The molecule has 0 N–H and O–H groups in total. The summed E-state index contributed by atoms with van der Waals surface area (Å²) in [6.07, 6.45) is 4.40. The van der Waals surface area contributed by atoms with E-state index in [1.807, 2.05) is 4.90 Å². The number of piperazine rings is 1. The molecule has 10 heteroatoms. The lowest BCUT2D eigenvalue weighted by Gasteiger charge is -2.34. The monoisotopic (exact) mass is 418 g/mol. The summed E-state index contributed by atoms with van der Waals surface area (Å²) in [7, 11) is -3.45. The third kappa shape index (κ3) is 5.08. The van der Waals surface area contributed by atoms with Gasteiger partial charge in [-0.1, -0.05) is 6.07 Å². The van der Waals surface area contributed by atoms with Crippen LogP contribution in [0.4, 0.5) is 5.95 Å². The molecule has 1 aliphatic heterocycles. The van der Waals surface area contributed by atoms with Crippen LogP contribution in [0.1, 0.15) is 15.9 Å². The highest BCUT2D eigenvalue weighted by Crippen LogP contribution is 2.17. The van der Waals surface area contributed by atoms with Crippen LogP contribution in [0.15, 0.2) is 41.6 Å². The zero-order valence-corrected chi connectivity index (χ0v) is 17.1. The maximum atomic E-state index is 12.4. The van der Waals surface area contributed by atoms with Gasteiger partial charge in [-0.15, -0.1) is 0 Å². The van der Waals surface area contributed by atoms with Gasteiger partial charge >= 0.3 is 5.97 Å². The number of benzene rings is 1. The lowest BCUT2D eigenvalue weighted by Crippen LogP contribution is -2.50. The number of hydrogen-bond donors (Lipinski definition) is 0. The second-order valence-corrected chi connectivity index (χ2v) is 8.76. The largest absolute Gasteiger partial charge is 0.452 e. The van der Waals surface area contributed by atoms with Crippen molar-refractivity contribution in [1.82, 2.24) is 14.9 Å². The summed E-state index contributed by atoms with van der Waals surface area (Å²) in [5, 5.41) is 0. The molecular formula is C19H22N4O5S. The average Bonchev–Trinajstić information content (AvgIpc) is 2.72. The number of esters is 1. The fourth-order valence-electron chi connectivity index (χ4n) is 2.96. The van der Waals surface area contributed by atoms with Crippen LogP contribution in [-0.4, -0.2) is 74.2 Å². The molecule has 0 unspecified atom stereocenters. The summed E-state index contributed by atoms with van der Waals surface area (Å²) in [5.41, 5.74) is 0.707. The SMILES string of the molecule is Cc1ccc(S(C)(=O)=O)cc1C(=O)OCC(=O)N1CCN(c2ncccn2)CC1. The smallest absolute Gasteiger partial charge is 0.338 e. The molecular weight excluding hydrogens is 396 g/mol. The van der Waals surface area contributed by atoms with Crippen LogP contribution in [0.2, 0.25) is 0 Å². The van der Waals surface area contributed by atoms with Crippen LogP contribution < -0.4 is 4.90 Å². The molecule has 0 bridgehead atoms. The van der Waals surface area contributed by atoms with E-state index >= 15 is 0 Å². The van der Waals surface area contributed by atoms with E-state index in [1.54, 1.807) is 36.4 Å². The van der Waals surface area contributed by atoms with Gasteiger partial charge < -0.3 is 14.5 Å². The molecule has 1 aliphatic rings. The number of aromatic nitrogens is 2. The number of rotatable bonds is 5. The van der Waals surface area contributed by atoms with Gasteiger partial charge in [0.25, 0.3) is 5.91 Å². The number of ether oxygens (including phenoxy) is 1. The number of carbonyl (C=O) groups is 2. The molecule has 0 atom stereocenters. The van der Waals surface area contributed by atoms with Crippen LogP contribution in [0.3, 0.4) is 0 Å². The zero-order valence-electron chi connectivity index (χ0n) is 16.2. The average molecular weight is 418 g/mol. The Bertz CT molecular complexity index is 1000. The van der Waals surface area contributed by atoms with Crippen molar-refractivity contribution < 1.29 is 22.7 Å². The van der Waals surface area contributed by atoms with Crippen LogP contribution >= 0.6 is 0 Å². The second-order valence-electron chi connectivity index (χ2n) is 6.74. The minimum absolute atomic E-state index is 0.0284. The van der Waals surface area contributed by atoms with E-state index in [4.69, 9.17) is 4.74 Å². The lowest BCUT2D eigenvalue weighted by atomic mass is 10.1. The topological polar surface area (TPSA) is 110 Å². The molecule has 29 heavy (non-hydrogen) atoms. The van der Waals surface area contributed by atoms with Crippen LogP contribution in [-0.2, 0) is 19.4 Å². The highest BCUT2D eigenvalue weighted by Gasteiger charge is 2.24. The summed E-state index contributed by atoms with van der Waals surface area (Å²) >= 11 is 0. The Balaban J connectivity index is 1.55. The Morgan fingerprint density at radius 3 is 2.38 bits per heavy atom. The highest BCUT2D eigenvalue weighted by atomic mass is 32.2. The van der Waals surface area contributed by atoms with E-state index in [-0.39, 0.29) is 16.4 Å². The summed E-state index contributed by atoms with van der Waals surface area (Å²) in [5.74, 6) is -0.408. The summed E-state index contributed by atoms with van der Waals surface area (Å²) < 4.78 is 28.5. The number of anilines is 1. The maximum absolute atomic E-state index is 12.4. The van der Waals surface area contributed by atoms with Crippen LogP contribution in [0.25, 0.3) is 0 Å². The highest BCUT2D eigenvalue weighted by molar-refractivity contribution is 7.90. The number of amides is 1. The van der Waals surface area contributed by atoms with Gasteiger partial charge in [0.2, 0.25) is 5.95 Å². The molecule has 154 valence electrons. The molecule has 3 rings (SSSR count). The Morgan fingerprint density at radius 2 is 1.76 bits per heavy atom. The molecule has 0 aliphatic carbocycles. The molecule has 2 heterocycles. The summed E-state index contributed by atoms with van der Waals surface area (Å²) in [6.45, 7) is 3.38. The van der Waals surface area contributed by atoms with E-state index in [1.165, 1.54) is 12.1 Å². The second kappa shape index (κ2) is 8.56. The first kappa shape index (κ1) is 20.7. The number of carbonyl (C=O) groups excluding carboxylic acids is 2. The van der Waals surface area contributed by atoms with Crippen molar-refractivity contribution in [1.29, 1.82) is 0 Å². The molecule has 1 saturated heterocycles. The molecule has 1 aromatic heterocycles. The first-order chi connectivity index (χ1) is 13.8. The third-order valence-corrected chi connectivity index (χ3v) is 5.76. The molecule has 9 nitrogen and oxygen atoms in total. The lowest BCUT2D eigenvalue weighted by molar-refractivity contribution is -0.134. The Kier molecular flexibility index (Phi) is 6.12. The normalized spacial score (nSPS) is 14.6. The van der Waals surface area contributed by atoms with E-state index in [2.05, 4.69) is 9.97 Å². The fraction of sp³-hybridized carbons (Fsp3) is 0.368. The van der Waals surface area contributed by atoms with Gasteiger partial charge in [0.1, 0.15) is 0 Å². The Hall–Kier alpha value is -3.01. The molecule has 1 fully saturated rings. The van der Waals surface area contributed by atoms with Crippen molar-refractivity contribution in [3.8, 4) is 0 Å². The number of hydrogen-bond acceptors (Lipinski definition) is 8. The summed E-state index contributed by atoms with van der Waals surface area (Å²) in [4.78, 5) is 36.8. The van der Waals surface area contributed by atoms with Gasteiger partial charge in [-0.3, -0.25) is 4.79 Å². The van der Waals surface area contributed by atoms with Crippen molar-refractivity contribution in [3.05, 3.63) is 47.8 Å². The molecule has 0 saturated carbocycles. The van der Waals surface area contributed by atoms with Crippen molar-refractivity contribution in [2.45, 2.75) is 11.8 Å². The quantitative estimate of drug-likeness (QED) is 0.653. The maximum Gasteiger partial charge on any atom is 0.338 e. The Morgan fingerprint density at radius 1 is 1.10 bits per heavy atom. The van der Waals surface area contributed by atoms with E-state index in [0.29, 0.717) is 37.7 Å². The number of aryl methyl sites for hydroxylation is 1. The number of nitrogens with zero attached hydrogens (tertiary/aromatic N) is 4. The van der Waals surface area contributed by atoms with Crippen molar-refractivity contribution in [2.24, 2.45) is 0 Å². The number of sulfone groups is 1. The molecule has 2 aromatic rings. The van der Waals surface area contributed by atoms with Gasteiger partial charge in [0.05, 0.1) is 10.5 Å². The van der Waals surface area contributed by atoms with Crippen LogP contribution in [0.5, 0.6) is 0 Å². The van der Waals surface area contributed by atoms with E-state index in [0.717, 1.165) is 6.26 Å². The van der Waals surface area contributed by atoms with Gasteiger partial charge in [-0.05, 0) is 30.7 Å². The van der Waals surface area contributed by atoms with Crippen LogP contribution in [0, 0.1) is 6.92 Å². The van der Waals surface area contributed by atoms with Gasteiger partial charge in [0.15, 0.2) is 16.4 Å². The van der Waals surface area contributed by atoms with Gasteiger partial charge in [0, 0.05) is 44.8 Å². The molecule has 0 radical (unpaired) electrons. The zero-order chi connectivity index (χ0) is 21.0. The predicted octanol–water partition coefficient (Wildman–Crippen LogP) is 0.694. The standard InChI is InChI=1S/C19H22N4O5S/c1-14-4-5-15(29(2,26)27)12-16(14)18(25)28-13-17(24)22-8-10-23(11-9-22)19-20-6-3-7-21-19/h3-7,12H,8-11,13H2,1-2H3. The molecule has 1 amide bonds.